The number of rotatable bonds is 3. The van der Waals surface area contributed by atoms with Crippen molar-refractivity contribution in [1.29, 1.82) is 0 Å². The van der Waals surface area contributed by atoms with Gasteiger partial charge in [-0.05, 0) is 17.7 Å². The van der Waals surface area contributed by atoms with Gasteiger partial charge in [0.2, 0.25) is 5.91 Å². The molecule has 0 spiro atoms. The van der Waals surface area contributed by atoms with Crippen LogP contribution >= 0.6 is 0 Å². The van der Waals surface area contributed by atoms with Gasteiger partial charge in [-0.15, -0.1) is 0 Å². The van der Waals surface area contributed by atoms with E-state index in [1.54, 1.807) is 0 Å². The van der Waals surface area contributed by atoms with E-state index in [2.05, 4.69) is 0 Å². The molecule has 4 rings (SSSR count). The molecule has 3 amide bonds. The number of nitrogens with zero attached hydrogens (tertiary/aromatic N) is 2. The van der Waals surface area contributed by atoms with E-state index in [1.807, 2.05) is 30.3 Å². The minimum absolute atomic E-state index is 0.200. The number of urea groups is 1. The summed E-state index contributed by atoms with van der Waals surface area (Å²) in [5, 5.41) is 0. The third-order valence-electron chi connectivity index (χ3n) is 4.63. The van der Waals surface area contributed by atoms with E-state index < -0.39 is 23.3 Å². The largest absolute Gasteiger partial charge is 0.488 e. The summed E-state index contributed by atoms with van der Waals surface area (Å²) in [5.74, 6) is -0.633. The second-order valence-corrected chi connectivity index (χ2v) is 6.24. The van der Waals surface area contributed by atoms with Gasteiger partial charge in [-0.2, -0.15) is 0 Å². The van der Waals surface area contributed by atoms with Crippen molar-refractivity contribution in [3.05, 3.63) is 59.9 Å². The van der Waals surface area contributed by atoms with Crippen LogP contribution in [0, 0.1) is 5.82 Å². The maximum atomic E-state index is 13.8. The number of primary amides is 1. The average molecular weight is 341 g/mol. The lowest BCUT2D eigenvalue weighted by Crippen LogP contribution is -2.52. The average Bonchev–Trinajstić information content (AvgIpc) is 2.88. The second-order valence-electron chi connectivity index (χ2n) is 6.24. The van der Waals surface area contributed by atoms with Gasteiger partial charge < -0.3 is 15.4 Å². The third-order valence-corrected chi connectivity index (χ3v) is 4.63. The summed E-state index contributed by atoms with van der Waals surface area (Å²) in [5.41, 5.74) is 5.65. The van der Waals surface area contributed by atoms with Crippen LogP contribution in [0.5, 0.6) is 5.75 Å². The van der Waals surface area contributed by atoms with Crippen molar-refractivity contribution < 1.29 is 18.7 Å². The first kappa shape index (κ1) is 15.4. The second kappa shape index (κ2) is 5.47. The van der Waals surface area contributed by atoms with Crippen molar-refractivity contribution in [1.82, 2.24) is 4.90 Å². The number of hydrogen-bond acceptors (Lipinski definition) is 3. The lowest BCUT2D eigenvalue weighted by atomic mass is 9.88. The van der Waals surface area contributed by atoms with Gasteiger partial charge in [0.1, 0.15) is 30.3 Å². The summed E-state index contributed by atoms with van der Waals surface area (Å²) in [4.78, 5) is 27.3. The Morgan fingerprint density at radius 3 is 2.72 bits per heavy atom. The first-order chi connectivity index (χ1) is 12.0. The first-order valence-electron chi connectivity index (χ1n) is 7.86. The van der Waals surface area contributed by atoms with E-state index >= 15 is 0 Å². The Bertz CT molecular complexity index is 858. The van der Waals surface area contributed by atoms with Gasteiger partial charge in [0, 0.05) is 6.07 Å². The normalized spacial score (nSPS) is 21.6. The molecule has 1 atom stereocenters. The highest BCUT2D eigenvalue weighted by Gasteiger charge is 2.55. The van der Waals surface area contributed by atoms with Crippen molar-refractivity contribution in [3.63, 3.8) is 0 Å². The summed E-state index contributed by atoms with van der Waals surface area (Å²) in [6.45, 7) is 0.236. The van der Waals surface area contributed by atoms with Gasteiger partial charge in [-0.25, -0.2) is 9.18 Å². The van der Waals surface area contributed by atoms with Gasteiger partial charge in [-0.1, -0.05) is 30.3 Å². The number of anilines is 1. The maximum absolute atomic E-state index is 13.8. The Morgan fingerprint density at radius 2 is 2.00 bits per heavy atom. The summed E-state index contributed by atoms with van der Waals surface area (Å²) in [7, 11) is 0. The molecule has 0 aromatic heterocycles. The number of amides is 3. The lowest BCUT2D eigenvalue weighted by molar-refractivity contribution is -0.118. The Labute approximate surface area is 143 Å². The summed E-state index contributed by atoms with van der Waals surface area (Å²) in [6, 6.07) is 13.1. The van der Waals surface area contributed by atoms with Crippen LogP contribution < -0.4 is 15.4 Å². The molecule has 2 N–H and O–H groups in total. The van der Waals surface area contributed by atoms with E-state index in [1.165, 1.54) is 28.0 Å². The Hall–Kier alpha value is -3.09. The number of ether oxygens (including phenoxy) is 1. The molecule has 1 saturated heterocycles. The number of hydrogen-bond donors (Lipinski definition) is 1. The van der Waals surface area contributed by atoms with E-state index in [9.17, 15) is 14.0 Å². The highest BCUT2D eigenvalue weighted by atomic mass is 19.1. The molecule has 0 aliphatic carbocycles. The molecular formula is C18H16FN3O3. The number of carbonyl (C=O) groups excluding carboxylic acids is 2. The molecule has 0 bridgehead atoms. The minimum Gasteiger partial charge on any atom is -0.488 e. The van der Waals surface area contributed by atoms with Crippen molar-refractivity contribution in [2.45, 2.75) is 5.54 Å². The van der Waals surface area contributed by atoms with Crippen LogP contribution in [0.3, 0.4) is 0 Å². The summed E-state index contributed by atoms with van der Waals surface area (Å²) >= 11 is 0. The van der Waals surface area contributed by atoms with Gasteiger partial charge in [0.15, 0.2) is 0 Å². The summed E-state index contributed by atoms with van der Waals surface area (Å²) in [6.07, 6.45) is 0. The Balaban J connectivity index is 1.88. The molecule has 2 aliphatic rings. The number of halogens is 1. The molecule has 2 heterocycles. The standard InChI is InChI=1S/C18H16FN3O3/c19-13-6-7-15-14(8-13)22-17(24)21(9-16(20)23)10-18(22,11-25-15)12-4-2-1-3-5-12/h1-8H,9-11H2,(H2,20,23). The van der Waals surface area contributed by atoms with Crippen molar-refractivity contribution in [3.8, 4) is 5.75 Å². The van der Waals surface area contributed by atoms with E-state index in [-0.39, 0.29) is 19.7 Å². The van der Waals surface area contributed by atoms with Crippen molar-refractivity contribution in [2.75, 3.05) is 24.6 Å². The molecule has 0 saturated carbocycles. The van der Waals surface area contributed by atoms with Gasteiger partial charge >= 0.3 is 6.03 Å². The molecule has 0 radical (unpaired) electrons. The van der Waals surface area contributed by atoms with Crippen LogP contribution in [-0.2, 0) is 10.3 Å². The minimum atomic E-state index is -0.839. The third kappa shape index (κ3) is 2.31. The number of fused-ring (bicyclic) bond motifs is 3. The zero-order valence-corrected chi connectivity index (χ0v) is 13.3. The highest BCUT2D eigenvalue weighted by Crippen LogP contribution is 2.47. The zero-order valence-electron chi connectivity index (χ0n) is 13.3. The van der Waals surface area contributed by atoms with Crippen LogP contribution in [0.4, 0.5) is 14.9 Å². The molecular weight excluding hydrogens is 325 g/mol. The highest BCUT2D eigenvalue weighted by molar-refractivity contribution is 6.00. The van der Waals surface area contributed by atoms with E-state index in [0.717, 1.165) is 5.56 Å². The van der Waals surface area contributed by atoms with Crippen LogP contribution in [0.25, 0.3) is 0 Å². The van der Waals surface area contributed by atoms with Crippen LogP contribution in [0.15, 0.2) is 48.5 Å². The molecule has 1 unspecified atom stereocenters. The lowest BCUT2D eigenvalue weighted by Gasteiger charge is -2.41. The van der Waals surface area contributed by atoms with Gasteiger partial charge in [-0.3, -0.25) is 9.69 Å². The maximum Gasteiger partial charge on any atom is 0.326 e. The number of benzene rings is 2. The fraction of sp³-hybridized carbons (Fsp3) is 0.222. The number of carbonyl (C=O) groups is 2. The van der Waals surface area contributed by atoms with Gasteiger partial charge in [0.25, 0.3) is 0 Å². The smallest absolute Gasteiger partial charge is 0.326 e. The quantitative estimate of drug-likeness (QED) is 0.925. The fourth-order valence-electron chi connectivity index (χ4n) is 3.57. The molecule has 25 heavy (non-hydrogen) atoms. The monoisotopic (exact) mass is 341 g/mol. The van der Waals surface area contributed by atoms with Crippen LogP contribution in [0.2, 0.25) is 0 Å². The molecule has 2 aromatic carbocycles. The molecule has 2 aliphatic heterocycles. The van der Waals surface area contributed by atoms with Crippen LogP contribution in [0.1, 0.15) is 5.56 Å². The predicted molar refractivity (Wildman–Crippen MR) is 88.7 cm³/mol. The summed E-state index contributed by atoms with van der Waals surface area (Å²) < 4.78 is 19.7. The molecule has 1 fully saturated rings. The predicted octanol–water partition coefficient (Wildman–Crippen LogP) is 1.84. The number of nitrogens with two attached hydrogens (primary N) is 1. The molecule has 6 nitrogen and oxygen atoms in total. The topological polar surface area (TPSA) is 75.9 Å². The molecule has 2 aromatic rings. The van der Waals surface area contributed by atoms with E-state index in [4.69, 9.17) is 10.5 Å². The molecule has 7 heteroatoms. The van der Waals surface area contributed by atoms with Crippen molar-refractivity contribution >= 4 is 17.6 Å². The Kier molecular flexibility index (Phi) is 3.38. The Morgan fingerprint density at radius 1 is 1.24 bits per heavy atom. The first-order valence-corrected chi connectivity index (χ1v) is 7.86. The zero-order chi connectivity index (χ0) is 17.6. The van der Waals surface area contributed by atoms with Gasteiger partial charge in [0.05, 0.1) is 12.2 Å². The van der Waals surface area contributed by atoms with Crippen LogP contribution in [-0.4, -0.2) is 36.5 Å². The molecule has 128 valence electrons. The van der Waals surface area contributed by atoms with E-state index in [0.29, 0.717) is 11.4 Å². The fourth-order valence-corrected chi connectivity index (χ4v) is 3.57. The SMILES string of the molecule is NC(=O)CN1CC2(c3ccccc3)COc3ccc(F)cc3N2C1=O. The van der Waals surface area contributed by atoms with Crippen molar-refractivity contribution in [2.24, 2.45) is 5.73 Å².